The van der Waals surface area contributed by atoms with E-state index in [-0.39, 0.29) is 11.0 Å². The Morgan fingerprint density at radius 1 is 1.67 bits per heavy atom. The van der Waals surface area contributed by atoms with Crippen LogP contribution in [-0.2, 0) is 4.79 Å². The molecule has 1 radical (unpaired) electrons. The predicted molar refractivity (Wildman–Crippen MR) is 41.2 cm³/mol. The summed E-state index contributed by atoms with van der Waals surface area (Å²) in [6.07, 6.45) is 1.91. The topological polar surface area (TPSA) is 17.1 Å². The minimum atomic E-state index is -0.175. The van der Waals surface area contributed by atoms with Gasteiger partial charge in [0.25, 0.3) is 0 Å². The number of allylic oxidation sites excluding steroid dienone is 2. The van der Waals surface area contributed by atoms with Gasteiger partial charge in [-0.25, -0.2) is 0 Å². The molecular weight excluding hydrogens is 132 g/mol. The summed E-state index contributed by atoms with van der Waals surface area (Å²) < 4.78 is 0. The summed E-state index contributed by atoms with van der Waals surface area (Å²) in [5.74, 6) is -0.0787. The molecule has 1 unspecified atom stereocenters. The molecule has 0 N–H and O–H groups in total. The zero-order chi connectivity index (χ0) is 7.44. The number of hydrogen-bond donors (Lipinski definition) is 0. The fourth-order valence-electron chi connectivity index (χ4n) is 0.436. The SMILES string of the molecule is C/C=C(\C)C(C)C(=O)[S]. The lowest BCUT2D eigenvalue weighted by Crippen LogP contribution is -2.04. The van der Waals surface area contributed by atoms with Crippen LogP contribution in [0.25, 0.3) is 0 Å². The molecule has 0 aromatic rings. The van der Waals surface area contributed by atoms with E-state index in [4.69, 9.17) is 0 Å². The first-order chi connectivity index (χ1) is 4.09. The highest BCUT2D eigenvalue weighted by molar-refractivity contribution is 7.96. The Hall–Kier alpha value is -0.370. The Kier molecular flexibility index (Phi) is 3.47. The molecule has 0 aliphatic carbocycles. The summed E-state index contributed by atoms with van der Waals surface area (Å²) in [5, 5.41) is -0.175. The highest BCUT2D eigenvalue weighted by atomic mass is 32.1. The second-order valence-electron chi connectivity index (χ2n) is 2.07. The van der Waals surface area contributed by atoms with Crippen LogP contribution in [0, 0.1) is 5.92 Å². The summed E-state index contributed by atoms with van der Waals surface area (Å²) in [6.45, 7) is 5.64. The molecule has 0 aromatic carbocycles. The van der Waals surface area contributed by atoms with Gasteiger partial charge in [-0.2, -0.15) is 0 Å². The summed E-state index contributed by atoms with van der Waals surface area (Å²) in [4.78, 5) is 10.5. The molecule has 51 valence electrons. The molecule has 0 aliphatic rings. The zero-order valence-electron chi connectivity index (χ0n) is 5.97. The number of carbonyl (C=O) groups is 1. The third-order valence-corrected chi connectivity index (χ3v) is 1.85. The maximum absolute atomic E-state index is 10.5. The van der Waals surface area contributed by atoms with Crippen LogP contribution in [-0.4, -0.2) is 5.12 Å². The van der Waals surface area contributed by atoms with Crippen molar-refractivity contribution >= 4 is 17.7 Å². The Morgan fingerprint density at radius 3 is 2.22 bits per heavy atom. The number of carbonyl (C=O) groups excluding carboxylic acids is 1. The minimum absolute atomic E-state index is 0.0787. The monoisotopic (exact) mass is 143 g/mol. The van der Waals surface area contributed by atoms with Crippen LogP contribution >= 0.6 is 12.6 Å². The van der Waals surface area contributed by atoms with Gasteiger partial charge in [-0.15, -0.1) is 0 Å². The molecule has 0 fully saturated rings. The van der Waals surface area contributed by atoms with Gasteiger partial charge in [0.2, 0.25) is 5.12 Å². The molecule has 0 rings (SSSR count). The third kappa shape index (κ3) is 2.61. The van der Waals surface area contributed by atoms with Crippen molar-refractivity contribution in [2.75, 3.05) is 0 Å². The summed E-state index contributed by atoms with van der Waals surface area (Å²) >= 11 is 4.46. The number of hydrogen-bond acceptors (Lipinski definition) is 1. The molecule has 0 amide bonds. The Bertz CT molecular complexity index is 138. The molecule has 0 saturated heterocycles. The average Bonchev–Trinajstić information content (AvgIpc) is 1.84. The first-order valence-corrected chi connectivity index (χ1v) is 3.34. The van der Waals surface area contributed by atoms with Gasteiger partial charge in [0.05, 0.1) is 5.92 Å². The maximum atomic E-state index is 10.5. The van der Waals surface area contributed by atoms with Crippen LogP contribution in [0.5, 0.6) is 0 Å². The van der Waals surface area contributed by atoms with E-state index in [2.05, 4.69) is 12.6 Å². The molecule has 9 heavy (non-hydrogen) atoms. The highest BCUT2D eigenvalue weighted by Gasteiger charge is 2.09. The second kappa shape index (κ2) is 3.62. The molecule has 0 aromatic heterocycles. The van der Waals surface area contributed by atoms with E-state index >= 15 is 0 Å². The molecule has 0 bridgehead atoms. The van der Waals surface area contributed by atoms with Gasteiger partial charge in [-0.1, -0.05) is 18.6 Å². The van der Waals surface area contributed by atoms with Gasteiger partial charge in [-0.05, 0) is 26.5 Å². The van der Waals surface area contributed by atoms with Crippen LogP contribution in [0.1, 0.15) is 20.8 Å². The Labute approximate surface area is 61.6 Å². The van der Waals surface area contributed by atoms with Crippen LogP contribution < -0.4 is 0 Å². The van der Waals surface area contributed by atoms with E-state index < -0.39 is 0 Å². The Morgan fingerprint density at radius 2 is 2.11 bits per heavy atom. The van der Waals surface area contributed by atoms with Crippen molar-refractivity contribution < 1.29 is 4.79 Å². The van der Waals surface area contributed by atoms with E-state index in [1.165, 1.54) is 0 Å². The highest BCUT2D eigenvalue weighted by Crippen LogP contribution is 2.11. The lowest BCUT2D eigenvalue weighted by molar-refractivity contribution is -0.112. The molecule has 1 nitrogen and oxygen atoms in total. The van der Waals surface area contributed by atoms with Crippen LogP contribution in [0.15, 0.2) is 11.6 Å². The van der Waals surface area contributed by atoms with E-state index in [1.807, 2.05) is 26.8 Å². The molecule has 0 saturated carbocycles. The lowest BCUT2D eigenvalue weighted by atomic mass is 10.1. The van der Waals surface area contributed by atoms with Crippen molar-refractivity contribution in [2.45, 2.75) is 20.8 Å². The molecule has 0 heterocycles. The van der Waals surface area contributed by atoms with Crippen molar-refractivity contribution in [1.29, 1.82) is 0 Å². The van der Waals surface area contributed by atoms with E-state index in [0.717, 1.165) is 5.57 Å². The maximum Gasteiger partial charge on any atom is 0.225 e. The minimum Gasteiger partial charge on any atom is -0.281 e. The van der Waals surface area contributed by atoms with Crippen molar-refractivity contribution in [3.63, 3.8) is 0 Å². The smallest absolute Gasteiger partial charge is 0.225 e. The van der Waals surface area contributed by atoms with Gasteiger partial charge in [0, 0.05) is 0 Å². The van der Waals surface area contributed by atoms with Crippen LogP contribution in [0.2, 0.25) is 0 Å². The second-order valence-corrected chi connectivity index (χ2v) is 2.48. The first kappa shape index (κ1) is 8.63. The van der Waals surface area contributed by atoms with Crippen molar-refractivity contribution in [1.82, 2.24) is 0 Å². The van der Waals surface area contributed by atoms with E-state index in [1.54, 1.807) is 0 Å². The summed E-state index contributed by atoms with van der Waals surface area (Å²) in [5.41, 5.74) is 1.05. The van der Waals surface area contributed by atoms with Gasteiger partial charge in [0.1, 0.15) is 0 Å². The van der Waals surface area contributed by atoms with Crippen LogP contribution in [0.3, 0.4) is 0 Å². The molecule has 1 atom stereocenters. The zero-order valence-corrected chi connectivity index (χ0v) is 6.79. The average molecular weight is 143 g/mol. The van der Waals surface area contributed by atoms with E-state index in [9.17, 15) is 4.79 Å². The third-order valence-electron chi connectivity index (χ3n) is 1.49. The van der Waals surface area contributed by atoms with Crippen molar-refractivity contribution in [3.05, 3.63) is 11.6 Å². The fourth-order valence-corrected chi connectivity index (χ4v) is 0.622. The molecule has 0 aliphatic heterocycles. The van der Waals surface area contributed by atoms with Gasteiger partial charge in [-0.3, -0.25) is 4.79 Å². The largest absolute Gasteiger partial charge is 0.281 e. The number of rotatable bonds is 2. The Balaban J connectivity index is 4.04. The van der Waals surface area contributed by atoms with Crippen LogP contribution in [0.4, 0.5) is 0 Å². The molecular formula is C7H11OS. The van der Waals surface area contributed by atoms with Crippen molar-refractivity contribution in [2.24, 2.45) is 5.92 Å². The predicted octanol–water partition coefficient (Wildman–Crippen LogP) is 2.31. The first-order valence-electron chi connectivity index (χ1n) is 2.93. The van der Waals surface area contributed by atoms with Gasteiger partial charge in [0.15, 0.2) is 0 Å². The summed E-state index contributed by atoms with van der Waals surface area (Å²) in [6, 6.07) is 0. The van der Waals surface area contributed by atoms with E-state index in [0.29, 0.717) is 0 Å². The summed E-state index contributed by atoms with van der Waals surface area (Å²) in [7, 11) is 0. The van der Waals surface area contributed by atoms with Crippen molar-refractivity contribution in [3.8, 4) is 0 Å². The van der Waals surface area contributed by atoms with Gasteiger partial charge < -0.3 is 0 Å². The standard InChI is InChI=1S/C7H11OS/c1-4-5(2)6(3)7(8)9/h4,6H,1-3H3/b5-4+. The normalized spacial score (nSPS) is 15.2. The van der Waals surface area contributed by atoms with Gasteiger partial charge >= 0.3 is 0 Å². The fraction of sp³-hybridized carbons (Fsp3) is 0.571. The molecule has 2 heteroatoms. The molecule has 0 spiro atoms. The quantitative estimate of drug-likeness (QED) is 0.542. The lowest BCUT2D eigenvalue weighted by Gasteiger charge is -2.03.